The van der Waals surface area contributed by atoms with Crippen LogP contribution >= 0.6 is 22.6 Å². The van der Waals surface area contributed by atoms with Crippen molar-refractivity contribution in [3.63, 3.8) is 0 Å². The SMILES string of the molecule is ICCCCn1cc[n+](C[C]2[CH][CH][CH][CH]2)c1.[CH]1[CH][CH][CH][CH]1.[Fe+2].[I-]. The molecular formula is C18H22FeI2N2+2. The molecule has 1 aromatic rings. The van der Waals surface area contributed by atoms with Crippen LogP contribution in [-0.2, 0) is 30.2 Å². The van der Waals surface area contributed by atoms with Gasteiger partial charge in [-0.1, -0.05) is 22.6 Å². The van der Waals surface area contributed by atoms with Crippen molar-refractivity contribution in [2.24, 2.45) is 0 Å². The maximum Gasteiger partial charge on any atom is 2.00 e. The summed E-state index contributed by atoms with van der Waals surface area (Å²) in [6.07, 6.45) is 27.6. The number of aryl methyl sites for hydroxylation is 1. The van der Waals surface area contributed by atoms with Crippen LogP contribution in [0.15, 0.2) is 18.7 Å². The number of aromatic nitrogens is 2. The zero-order chi connectivity index (χ0) is 14.8. The van der Waals surface area contributed by atoms with Gasteiger partial charge in [0.2, 0.25) is 6.33 Å². The molecule has 10 radical (unpaired) electrons. The summed E-state index contributed by atoms with van der Waals surface area (Å²) in [6, 6.07) is 0. The van der Waals surface area contributed by atoms with Crippen LogP contribution in [0.25, 0.3) is 0 Å². The Bertz CT molecular complexity index is 367. The average Bonchev–Trinajstić information content (AvgIpc) is 3.24. The topological polar surface area (TPSA) is 8.81 Å². The zero-order valence-electron chi connectivity index (χ0n) is 13.0. The van der Waals surface area contributed by atoms with E-state index in [0.29, 0.717) is 0 Å². The molecule has 0 amide bonds. The molecular weight excluding hydrogens is 554 g/mol. The molecule has 0 unspecified atom stereocenters. The average molecular weight is 576 g/mol. The number of imidazole rings is 1. The number of hydrogen-bond donors (Lipinski definition) is 0. The molecule has 23 heavy (non-hydrogen) atoms. The van der Waals surface area contributed by atoms with Crippen LogP contribution in [0.2, 0.25) is 0 Å². The van der Waals surface area contributed by atoms with Gasteiger partial charge >= 0.3 is 17.1 Å². The fraction of sp³-hybridized carbons (Fsp3) is 0.278. The van der Waals surface area contributed by atoms with Crippen LogP contribution in [0.3, 0.4) is 0 Å². The van der Waals surface area contributed by atoms with E-state index in [4.69, 9.17) is 0 Å². The summed E-state index contributed by atoms with van der Waals surface area (Å²) in [7, 11) is 0. The molecule has 0 aromatic carbocycles. The van der Waals surface area contributed by atoms with Crippen molar-refractivity contribution >= 4 is 22.6 Å². The molecule has 0 saturated heterocycles. The van der Waals surface area contributed by atoms with E-state index in [9.17, 15) is 0 Å². The number of alkyl halides is 1. The first-order chi connectivity index (χ1) is 10.4. The minimum Gasteiger partial charge on any atom is -1.00 e. The number of unbranched alkanes of at least 4 members (excludes halogenated alkanes) is 1. The second kappa shape index (κ2) is 15.4. The first-order valence-electron chi connectivity index (χ1n) is 7.36. The second-order valence-corrected chi connectivity index (χ2v) is 6.05. The van der Waals surface area contributed by atoms with Gasteiger partial charge in [0.1, 0.15) is 12.4 Å². The van der Waals surface area contributed by atoms with E-state index in [-0.39, 0.29) is 41.0 Å². The van der Waals surface area contributed by atoms with Gasteiger partial charge in [0.05, 0.1) is 13.1 Å². The number of halogens is 2. The van der Waals surface area contributed by atoms with Gasteiger partial charge in [0.25, 0.3) is 0 Å². The van der Waals surface area contributed by atoms with E-state index in [0.717, 1.165) is 13.1 Å². The Morgan fingerprint density at radius 3 is 2.09 bits per heavy atom. The molecule has 0 aliphatic heterocycles. The first-order valence-corrected chi connectivity index (χ1v) is 8.89. The minimum absolute atomic E-state index is 0. The molecule has 124 valence electrons. The van der Waals surface area contributed by atoms with E-state index >= 15 is 0 Å². The molecule has 2 nitrogen and oxygen atoms in total. The molecule has 5 heteroatoms. The Morgan fingerprint density at radius 2 is 1.52 bits per heavy atom. The van der Waals surface area contributed by atoms with E-state index in [1.54, 1.807) is 0 Å². The van der Waals surface area contributed by atoms with Gasteiger partial charge in [-0.25, -0.2) is 9.13 Å². The molecule has 2 aliphatic rings. The fourth-order valence-electron chi connectivity index (χ4n) is 2.10. The monoisotopic (exact) mass is 576 g/mol. The molecule has 1 heterocycles. The van der Waals surface area contributed by atoms with E-state index in [1.165, 1.54) is 23.2 Å². The molecule has 2 aliphatic carbocycles. The summed E-state index contributed by atoms with van der Waals surface area (Å²) >= 11 is 2.44. The molecule has 3 rings (SSSR count). The van der Waals surface area contributed by atoms with Crippen molar-refractivity contribution in [2.75, 3.05) is 4.43 Å². The first kappa shape index (κ1) is 24.2. The Balaban J connectivity index is 0.000000595. The van der Waals surface area contributed by atoms with Crippen LogP contribution in [0, 0.1) is 63.7 Å². The quantitative estimate of drug-likeness (QED) is 0.153. The molecule has 1 aromatic heterocycles. The normalized spacial score (nSPS) is 17.1. The van der Waals surface area contributed by atoms with Gasteiger partial charge in [0, 0.05) is 5.92 Å². The van der Waals surface area contributed by atoms with Crippen molar-refractivity contribution in [3.8, 4) is 0 Å². The van der Waals surface area contributed by atoms with E-state index in [1.807, 2.05) is 32.1 Å². The van der Waals surface area contributed by atoms with Gasteiger partial charge in [-0.15, -0.1) is 0 Å². The van der Waals surface area contributed by atoms with Gasteiger partial charge in [-0.3, -0.25) is 0 Å². The molecule has 0 N–H and O–H groups in total. The number of hydrogen-bond acceptors (Lipinski definition) is 0. The third-order valence-corrected chi connectivity index (χ3v) is 3.96. The fourth-order valence-corrected chi connectivity index (χ4v) is 2.64. The summed E-state index contributed by atoms with van der Waals surface area (Å²) < 4.78 is 5.77. The van der Waals surface area contributed by atoms with E-state index < -0.39 is 0 Å². The Hall–Kier alpha value is 1.19. The molecule has 0 spiro atoms. The molecule has 2 fully saturated rings. The standard InChI is InChI=1S/C13H17IN2.C5H5.Fe.HI/c14-7-3-4-8-15-9-10-16(12-15)11-13-5-1-2-6-13;1-2-4-5-3-1;;/h1-2,5-6,9-10,12H,3-4,7-8,11H2;1-5H;;1H/q+1;;+2;/p-1. The second-order valence-electron chi connectivity index (χ2n) is 4.98. The van der Waals surface area contributed by atoms with Crippen molar-refractivity contribution in [1.82, 2.24) is 4.57 Å². The van der Waals surface area contributed by atoms with Crippen LogP contribution in [0.4, 0.5) is 0 Å². The Kier molecular flexibility index (Phi) is 16.2. The molecule has 0 atom stereocenters. The van der Waals surface area contributed by atoms with Crippen LogP contribution in [0.1, 0.15) is 12.8 Å². The van der Waals surface area contributed by atoms with Gasteiger partial charge < -0.3 is 24.0 Å². The summed E-state index contributed by atoms with van der Waals surface area (Å²) in [5, 5.41) is 0. The summed E-state index contributed by atoms with van der Waals surface area (Å²) in [4.78, 5) is 0. The summed E-state index contributed by atoms with van der Waals surface area (Å²) in [5.41, 5.74) is 0. The number of nitrogens with zero attached hydrogens (tertiary/aromatic N) is 2. The van der Waals surface area contributed by atoms with Gasteiger partial charge in [0.15, 0.2) is 0 Å². The maximum absolute atomic E-state index is 2.44. The van der Waals surface area contributed by atoms with Crippen molar-refractivity contribution in [1.29, 1.82) is 0 Å². The Morgan fingerprint density at radius 1 is 0.913 bits per heavy atom. The predicted octanol–water partition coefficient (Wildman–Crippen LogP) is 0.419. The van der Waals surface area contributed by atoms with Crippen molar-refractivity contribution in [2.45, 2.75) is 25.9 Å². The van der Waals surface area contributed by atoms with Crippen LogP contribution in [-0.4, -0.2) is 8.99 Å². The third kappa shape index (κ3) is 10.7. The number of rotatable bonds is 6. The molecule has 2 saturated carbocycles. The minimum atomic E-state index is 0. The Labute approximate surface area is 184 Å². The molecule has 0 bridgehead atoms. The summed E-state index contributed by atoms with van der Waals surface area (Å²) in [5.74, 6) is 1.37. The van der Waals surface area contributed by atoms with Crippen molar-refractivity contribution < 1.29 is 45.6 Å². The van der Waals surface area contributed by atoms with Crippen molar-refractivity contribution in [3.05, 3.63) is 82.4 Å². The van der Waals surface area contributed by atoms with Crippen LogP contribution < -0.4 is 28.5 Å². The van der Waals surface area contributed by atoms with Gasteiger partial charge in [-0.05, 0) is 75.1 Å². The largest absolute Gasteiger partial charge is 2.00 e. The van der Waals surface area contributed by atoms with Crippen LogP contribution in [0.5, 0.6) is 0 Å². The third-order valence-electron chi connectivity index (χ3n) is 3.20. The zero-order valence-corrected chi connectivity index (χ0v) is 18.4. The van der Waals surface area contributed by atoms with E-state index in [2.05, 4.69) is 76.1 Å². The smallest absolute Gasteiger partial charge is 1.00 e. The summed E-state index contributed by atoms with van der Waals surface area (Å²) in [6.45, 7) is 2.11. The maximum atomic E-state index is 2.44. The van der Waals surface area contributed by atoms with Gasteiger partial charge in [-0.2, -0.15) is 0 Å². The predicted molar refractivity (Wildman–Crippen MR) is 94.7 cm³/mol.